The number of nitrogens with one attached hydrogen (secondary N) is 2. The highest BCUT2D eigenvalue weighted by Crippen LogP contribution is 2.40. The van der Waals surface area contributed by atoms with Crippen molar-refractivity contribution in [3.8, 4) is 0 Å². The van der Waals surface area contributed by atoms with Crippen LogP contribution in [0.25, 0.3) is 0 Å². The zero-order chi connectivity index (χ0) is 11.2. The second-order valence-electron chi connectivity index (χ2n) is 5.56. The second kappa shape index (κ2) is 3.55. The zero-order valence-corrected chi connectivity index (χ0v) is 10.1. The van der Waals surface area contributed by atoms with Crippen LogP contribution >= 0.6 is 0 Å². The molecule has 2 heterocycles. The monoisotopic (exact) mass is 220 g/mol. The van der Waals surface area contributed by atoms with Crippen LogP contribution in [0.4, 0.5) is 0 Å². The van der Waals surface area contributed by atoms with E-state index in [2.05, 4.69) is 29.4 Å². The predicted molar refractivity (Wildman–Crippen MR) is 62.4 cm³/mol. The molecule has 2 N–H and O–H groups in total. The first-order valence-electron chi connectivity index (χ1n) is 6.36. The Morgan fingerprint density at radius 2 is 2.19 bits per heavy atom. The smallest absolute Gasteiger partial charge is 0.158 e. The van der Waals surface area contributed by atoms with Crippen molar-refractivity contribution < 1.29 is 0 Å². The molecule has 0 radical (unpaired) electrons. The molecule has 1 atom stereocenters. The van der Waals surface area contributed by atoms with E-state index in [0.29, 0.717) is 11.8 Å². The lowest BCUT2D eigenvalue weighted by atomic mass is 9.76. The molecule has 4 nitrogen and oxygen atoms in total. The fraction of sp³-hybridized carbons (Fsp3) is 0.833. The van der Waals surface area contributed by atoms with Crippen molar-refractivity contribution in [3.05, 3.63) is 11.6 Å². The van der Waals surface area contributed by atoms with Gasteiger partial charge in [0.1, 0.15) is 5.82 Å². The summed E-state index contributed by atoms with van der Waals surface area (Å²) in [6, 6.07) is 0. The Morgan fingerprint density at radius 1 is 1.38 bits per heavy atom. The molecule has 1 aromatic rings. The van der Waals surface area contributed by atoms with Gasteiger partial charge < -0.3 is 5.32 Å². The molecule has 1 saturated heterocycles. The lowest BCUT2D eigenvalue weighted by Crippen LogP contribution is -2.36. The van der Waals surface area contributed by atoms with Gasteiger partial charge in [-0.1, -0.05) is 13.8 Å². The molecule has 1 unspecified atom stereocenters. The highest BCUT2D eigenvalue weighted by molar-refractivity contribution is 5.16. The van der Waals surface area contributed by atoms with E-state index in [-0.39, 0.29) is 5.41 Å². The molecule has 2 aliphatic rings. The summed E-state index contributed by atoms with van der Waals surface area (Å²) in [6.45, 7) is 6.67. The lowest BCUT2D eigenvalue weighted by molar-refractivity contribution is 0.318. The minimum Gasteiger partial charge on any atom is -0.316 e. The van der Waals surface area contributed by atoms with E-state index in [1.807, 2.05) is 0 Å². The van der Waals surface area contributed by atoms with Crippen LogP contribution in [0.3, 0.4) is 0 Å². The Labute approximate surface area is 96.2 Å². The van der Waals surface area contributed by atoms with Crippen molar-refractivity contribution in [2.75, 3.05) is 13.1 Å². The third kappa shape index (κ3) is 1.47. The molecule has 1 aliphatic heterocycles. The van der Waals surface area contributed by atoms with Gasteiger partial charge in [0.25, 0.3) is 0 Å². The largest absolute Gasteiger partial charge is 0.316 e. The topological polar surface area (TPSA) is 53.6 Å². The highest BCUT2D eigenvalue weighted by Gasteiger charge is 2.42. The van der Waals surface area contributed by atoms with Gasteiger partial charge in [0.05, 0.1) is 0 Å². The fourth-order valence-electron chi connectivity index (χ4n) is 2.69. The number of aromatic amines is 1. The van der Waals surface area contributed by atoms with Crippen LogP contribution in [-0.2, 0) is 5.41 Å². The Morgan fingerprint density at radius 3 is 2.75 bits per heavy atom. The first-order valence-corrected chi connectivity index (χ1v) is 6.36. The van der Waals surface area contributed by atoms with Crippen LogP contribution in [0.15, 0.2) is 0 Å². The van der Waals surface area contributed by atoms with Gasteiger partial charge in [-0.3, -0.25) is 5.10 Å². The molecule has 0 spiro atoms. The summed E-state index contributed by atoms with van der Waals surface area (Å²) < 4.78 is 0. The molecule has 16 heavy (non-hydrogen) atoms. The van der Waals surface area contributed by atoms with E-state index >= 15 is 0 Å². The first-order chi connectivity index (χ1) is 7.72. The molecule has 0 bridgehead atoms. The third-order valence-electron chi connectivity index (χ3n) is 4.21. The van der Waals surface area contributed by atoms with Crippen molar-refractivity contribution >= 4 is 0 Å². The number of aromatic nitrogens is 3. The summed E-state index contributed by atoms with van der Waals surface area (Å²) in [4.78, 5) is 4.74. The number of hydrogen-bond acceptors (Lipinski definition) is 3. The van der Waals surface area contributed by atoms with Crippen molar-refractivity contribution in [2.45, 2.75) is 44.4 Å². The van der Waals surface area contributed by atoms with E-state index in [0.717, 1.165) is 31.2 Å². The van der Waals surface area contributed by atoms with Crippen molar-refractivity contribution in [3.63, 3.8) is 0 Å². The third-order valence-corrected chi connectivity index (χ3v) is 4.21. The first kappa shape index (κ1) is 10.3. The van der Waals surface area contributed by atoms with Crippen molar-refractivity contribution in [1.29, 1.82) is 0 Å². The number of nitrogens with zero attached hydrogens (tertiary/aromatic N) is 2. The van der Waals surface area contributed by atoms with E-state index in [1.54, 1.807) is 0 Å². The molecule has 0 amide bonds. The number of hydrogen-bond donors (Lipinski definition) is 2. The summed E-state index contributed by atoms with van der Waals surface area (Å²) in [5.74, 6) is 3.40. The van der Waals surface area contributed by atoms with Gasteiger partial charge in [-0.2, -0.15) is 5.10 Å². The maximum absolute atomic E-state index is 4.74. The molecule has 1 saturated carbocycles. The molecule has 1 aromatic heterocycles. The molecule has 3 rings (SSSR count). The second-order valence-corrected chi connectivity index (χ2v) is 5.56. The molecular weight excluding hydrogens is 200 g/mol. The standard InChI is InChI=1S/C12H20N4/c1-8(2)12(5-6-13-7-12)11-14-10(15-16-11)9-3-4-9/h8-9,13H,3-7H2,1-2H3,(H,14,15,16). The molecule has 88 valence electrons. The van der Waals surface area contributed by atoms with Gasteiger partial charge in [-0.25, -0.2) is 4.98 Å². The molecular formula is C12H20N4. The summed E-state index contributed by atoms with van der Waals surface area (Å²) in [5.41, 5.74) is 0.156. The van der Waals surface area contributed by atoms with Gasteiger partial charge in [0.15, 0.2) is 5.82 Å². The number of rotatable bonds is 3. The van der Waals surface area contributed by atoms with Crippen LogP contribution < -0.4 is 5.32 Å². The van der Waals surface area contributed by atoms with Crippen LogP contribution in [0.2, 0.25) is 0 Å². The summed E-state index contributed by atoms with van der Waals surface area (Å²) in [7, 11) is 0. The maximum Gasteiger partial charge on any atom is 0.158 e. The van der Waals surface area contributed by atoms with E-state index in [9.17, 15) is 0 Å². The van der Waals surface area contributed by atoms with Crippen LogP contribution in [0.5, 0.6) is 0 Å². The number of H-pyrrole nitrogens is 1. The predicted octanol–water partition coefficient (Wildman–Crippen LogP) is 1.57. The minimum atomic E-state index is 0.156. The van der Waals surface area contributed by atoms with Crippen LogP contribution in [0, 0.1) is 5.92 Å². The SMILES string of the molecule is CC(C)C1(c2n[nH]c(C3CC3)n2)CCNC1. The van der Waals surface area contributed by atoms with E-state index in [4.69, 9.17) is 4.98 Å². The van der Waals surface area contributed by atoms with Gasteiger partial charge in [-0.05, 0) is 31.7 Å². The molecule has 4 heteroatoms. The van der Waals surface area contributed by atoms with Gasteiger partial charge in [0.2, 0.25) is 0 Å². The van der Waals surface area contributed by atoms with Crippen LogP contribution in [-0.4, -0.2) is 28.3 Å². The van der Waals surface area contributed by atoms with Gasteiger partial charge in [-0.15, -0.1) is 0 Å². The fourth-order valence-corrected chi connectivity index (χ4v) is 2.69. The average molecular weight is 220 g/mol. The molecule has 0 aromatic carbocycles. The maximum atomic E-state index is 4.74. The molecule has 1 aliphatic carbocycles. The zero-order valence-electron chi connectivity index (χ0n) is 10.1. The van der Waals surface area contributed by atoms with Crippen molar-refractivity contribution in [2.24, 2.45) is 5.92 Å². The Bertz CT molecular complexity index is 372. The average Bonchev–Trinajstić information content (AvgIpc) is 2.83. The van der Waals surface area contributed by atoms with E-state index in [1.165, 1.54) is 12.8 Å². The Kier molecular flexibility index (Phi) is 2.28. The normalized spacial score (nSPS) is 30.2. The Balaban J connectivity index is 1.92. The Hall–Kier alpha value is -0.900. The van der Waals surface area contributed by atoms with Gasteiger partial charge >= 0.3 is 0 Å². The summed E-state index contributed by atoms with van der Waals surface area (Å²) >= 11 is 0. The summed E-state index contributed by atoms with van der Waals surface area (Å²) in [5, 5.41) is 11.1. The summed E-state index contributed by atoms with van der Waals surface area (Å²) in [6.07, 6.45) is 3.72. The van der Waals surface area contributed by atoms with Crippen LogP contribution in [0.1, 0.15) is 50.7 Å². The quantitative estimate of drug-likeness (QED) is 0.813. The van der Waals surface area contributed by atoms with Crippen molar-refractivity contribution in [1.82, 2.24) is 20.5 Å². The lowest BCUT2D eigenvalue weighted by Gasteiger charge is -2.29. The van der Waals surface area contributed by atoms with E-state index < -0.39 is 0 Å². The van der Waals surface area contributed by atoms with Gasteiger partial charge in [0, 0.05) is 17.9 Å². The minimum absolute atomic E-state index is 0.156. The highest BCUT2D eigenvalue weighted by atomic mass is 15.2. The molecule has 2 fully saturated rings.